The Morgan fingerprint density at radius 1 is 1.29 bits per heavy atom. The Bertz CT molecular complexity index is 1290. The second-order valence-electron chi connectivity index (χ2n) is 6.28. The Kier molecular flexibility index (Phi) is 6.50. The molecule has 0 aliphatic carbocycles. The molecule has 4 aromatic rings. The third-order valence-electron chi connectivity index (χ3n) is 4.22. The van der Waals surface area contributed by atoms with Crippen molar-refractivity contribution < 1.29 is 9.53 Å². The van der Waals surface area contributed by atoms with Crippen molar-refractivity contribution in [3.63, 3.8) is 0 Å². The molecular formula is C20H16ClN5O3S2. The van der Waals surface area contributed by atoms with Crippen LogP contribution in [-0.4, -0.2) is 38.3 Å². The number of fused-ring (bicyclic) bond motifs is 1. The van der Waals surface area contributed by atoms with Crippen LogP contribution in [0.1, 0.15) is 4.88 Å². The number of thiophene rings is 1. The number of aromatic nitrogens is 4. The third kappa shape index (κ3) is 4.87. The normalized spacial score (nSPS) is 10.9. The molecule has 4 rings (SSSR count). The maximum atomic E-state index is 13.0. The molecule has 3 aromatic heterocycles. The van der Waals surface area contributed by atoms with E-state index in [4.69, 9.17) is 16.3 Å². The third-order valence-corrected chi connectivity index (χ3v) is 6.35. The van der Waals surface area contributed by atoms with Gasteiger partial charge in [-0.25, -0.2) is 15.0 Å². The van der Waals surface area contributed by atoms with Crippen LogP contribution in [0.5, 0.6) is 5.75 Å². The SMILES string of the molecule is COc1ccc(NC(=O)CSc2nc3nccnc3c(=O)n2Cc2cccs2)cc1Cl. The monoisotopic (exact) mass is 473 g/mol. The molecule has 1 amide bonds. The van der Waals surface area contributed by atoms with Crippen molar-refractivity contribution in [2.45, 2.75) is 11.7 Å². The van der Waals surface area contributed by atoms with Gasteiger partial charge in [-0.15, -0.1) is 11.3 Å². The van der Waals surface area contributed by atoms with Gasteiger partial charge in [-0.1, -0.05) is 29.4 Å². The summed E-state index contributed by atoms with van der Waals surface area (Å²) in [5, 5.41) is 5.51. The number of ether oxygens (including phenoxy) is 1. The van der Waals surface area contributed by atoms with Crippen LogP contribution in [0.15, 0.2) is 58.1 Å². The van der Waals surface area contributed by atoms with Gasteiger partial charge < -0.3 is 10.1 Å². The van der Waals surface area contributed by atoms with Crippen molar-refractivity contribution in [3.05, 3.63) is 68.4 Å². The van der Waals surface area contributed by atoms with E-state index in [1.54, 1.807) is 18.2 Å². The van der Waals surface area contributed by atoms with Crippen LogP contribution < -0.4 is 15.6 Å². The van der Waals surface area contributed by atoms with Gasteiger partial charge in [-0.2, -0.15) is 0 Å². The predicted molar refractivity (Wildman–Crippen MR) is 122 cm³/mol. The largest absolute Gasteiger partial charge is 0.495 e. The summed E-state index contributed by atoms with van der Waals surface area (Å²) in [6.45, 7) is 0.341. The molecular weight excluding hydrogens is 458 g/mol. The average Bonchev–Trinajstić information content (AvgIpc) is 3.28. The van der Waals surface area contributed by atoms with Crippen LogP contribution in [0.4, 0.5) is 5.69 Å². The zero-order valence-electron chi connectivity index (χ0n) is 16.2. The number of methoxy groups -OCH3 is 1. The highest BCUT2D eigenvalue weighted by Gasteiger charge is 2.16. The summed E-state index contributed by atoms with van der Waals surface area (Å²) in [7, 11) is 1.52. The van der Waals surface area contributed by atoms with Crippen LogP contribution in [0, 0.1) is 0 Å². The summed E-state index contributed by atoms with van der Waals surface area (Å²) in [6.07, 6.45) is 2.94. The van der Waals surface area contributed by atoms with Gasteiger partial charge in [0.05, 0.1) is 24.4 Å². The summed E-state index contributed by atoms with van der Waals surface area (Å²) < 4.78 is 6.63. The molecule has 0 aliphatic heterocycles. The second kappa shape index (κ2) is 9.46. The topological polar surface area (TPSA) is 99.0 Å². The van der Waals surface area contributed by atoms with Crippen molar-refractivity contribution in [2.24, 2.45) is 0 Å². The number of carbonyl (C=O) groups is 1. The number of hydrogen-bond acceptors (Lipinski definition) is 8. The summed E-state index contributed by atoms with van der Waals surface area (Å²) in [5.74, 6) is 0.308. The molecule has 0 radical (unpaired) electrons. The quantitative estimate of drug-likeness (QED) is 0.323. The van der Waals surface area contributed by atoms with Crippen LogP contribution in [0.3, 0.4) is 0 Å². The lowest BCUT2D eigenvalue weighted by Gasteiger charge is -2.12. The first-order chi connectivity index (χ1) is 15.0. The molecule has 3 heterocycles. The first-order valence-corrected chi connectivity index (χ1v) is 11.3. The van der Waals surface area contributed by atoms with Gasteiger partial charge in [0, 0.05) is 23.0 Å². The van der Waals surface area contributed by atoms with E-state index in [2.05, 4.69) is 20.3 Å². The molecule has 0 fully saturated rings. The number of hydrogen-bond donors (Lipinski definition) is 1. The maximum absolute atomic E-state index is 13.0. The fraction of sp³-hybridized carbons (Fsp3) is 0.150. The molecule has 8 nitrogen and oxygen atoms in total. The number of rotatable bonds is 7. The zero-order chi connectivity index (χ0) is 21.8. The van der Waals surface area contributed by atoms with Crippen molar-refractivity contribution in [1.82, 2.24) is 19.5 Å². The van der Waals surface area contributed by atoms with E-state index >= 15 is 0 Å². The van der Waals surface area contributed by atoms with Gasteiger partial charge in [-0.05, 0) is 29.6 Å². The van der Waals surface area contributed by atoms with E-state index in [1.165, 1.54) is 35.4 Å². The van der Waals surface area contributed by atoms with Gasteiger partial charge in [0.1, 0.15) is 5.75 Å². The van der Waals surface area contributed by atoms with Crippen LogP contribution in [0.25, 0.3) is 11.2 Å². The summed E-state index contributed by atoms with van der Waals surface area (Å²) in [6, 6.07) is 8.84. The Labute approximate surface area is 190 Å². The van der Waals surface area contributed by atoms with Crippen LogP contribution >= 0.6 is 34.7 Å². The van der Waals surface area contributed by atoms with E-state index in [0.29, 0.717) is 28.2 Å². The standard InChI is InChI=1S/C20H16ClN5O3S2/c1-29-15-5-4-12(9-14(15)21)24-16(27)11-31-20-25-18-17(22-6-7-23-18)19(28)26(20)10-13-3-2-8-30-13/h2-9H,10-11H2,1H3,(H,24,27). The summed E-state index contributed by atoms with van der Waals surface area (Å²) in [5.41, 5.74) is 0.696. The number of nitrogens with zero attached hydrogens (tertiary/aromatic N) is 4. The molecule has 0 bridgehead atoms. The van der Waals surface area contributed by atoms with Crippen molar-refractivity contribution in [2.75, 3.05) is 18.2 Å². The van der Waals surface area contributed by atoms with E-state index in [1.807, 2.05) is 17.5 Å². The Morgan fingerprint density at radius 2 is 2.13 bits per heavy atom. The molecule has 0 saturated carbocycles. The lowest BCUT2D eigenvalue weighted by Crippen LogP contribution is -2.25. The molecule has 0 atom stereocenters. The number of thioether (sulfide) groups is 1. The van der Waals surface area contributed by atoms with Gasteiger partial charge in [-0.3, -0.25) is 14.2 Å². The minimum Gasteiger partial charge on any atom is -0.495 e. The van der Waals surface area contributed by atoms with E-state index < -0.39 is 0 Å². The maximum Gasteiger partial charge on any atom is 0.282 e. The Morgan fingerprint density at radius 3 is 2.87 bits per heavy atom. The minimum atomic E-state index is -0.295. The number of benzene rings is 1. The van der Waals surface area contributed by atoms with Crippen LogP contribution in [0.2, 0.25) is 5.02 Å². The first kappa shape index (κ1) is 21.3. The molecule has 158 valence electrons. The number of amides is 1. The number of anilines is 1. The van der Waals surface area contributed by atoms with Gasteiger partial charge in [0.25, 0.3) is 5.56 Å². The highest BCUT2D eigenvalue weighted by Crippen LogP contribution is 2.27. The molecule has 0 aliphatic rings. The second-order valence-corrected chi connectivity index (χ2v) is 8.66. The molecule has 0 unspecified atom stereocenters. The van der Waals surface area contributed by atoms with E-state index in [9.17, 15) is 9.59 Å². The molecule has 31 heavy (non-hydrogen) atoms. The number of carbonyl (C=O) groups excluding carboxylic acids is 1. The van der Waals surface area contributed by atoms with Gasteiger partial charge in [0.15, 0.2) is 16.3 Å². The summed E-state index contributed by atoms with van der Waals surface area (Å²) in [4.78, 5) is 39.2. The highest BCUT2D eigenvalue weighted by molar-refractivity contribution is 7.99. The lowest BCUT2D eigenvalue weighted by molar-refractivity contribution is -0.113. The molecule has 0 spiro atoms. The average molecular weight is 474 g/mol. The van der Waals surface area contributed by atoms with Gasteiger partial charge >= 0.3 is 0 Å². The van der Waals surface area contributed by atoms with Gasteiger partial charge in [0.2, 0.25) is 5.91 Å². The Hall–Kier alpha value is -2.95. The molecule has 1 aromatic carbocycles. The molecule has 1 N–H and O–H groups in total. The van der Waals surface area contributed by atoms with Crippen LogP contribution in [-0.2, 0) is 11.3 Å². The van der Waals surface area contributed by atoms with Crippen molar-refractivity contribution in [1.29, 1.82) is 0 Å². The fourth-order valence-electron chi connectivity index (χ4n) is 2.81. The number of halogens is 1. The van der Waals surface area contributed by atoms with Crippen molar-refractivity contribution >= 4 is 57.5 Å². The molecule has 0 saturated heterocycles. The lowest BCUT2D eigenvalue weighted by atomic mass is 10.3. The highest BCUT2D eigenvalue weighted by atomic mass is 35.5. The zero-order valence-corrected chi connectivity index (χ0v) is 18.6. The first-order valence-electron chi connectivity index (χ1n) is 9.05. The van der Waals surface area contributed by atoms with E-state index in [-0.39, 0.29) is 28.4 Å². The Balaban J connectivity index is 1.56. The van der Waals surface area contributed by atoms with E-state index in [0.717, 1.165) is 16.6 Å². The summed E-state index contributed by atoms with van der Waals surface area (Å²) >= 11 is 8.80. The predicted octanol–water partition coefficient (Wildman–Crippen LogP) is 3.69. The smallest absolute Gasteiger partial charge is 0.282 e. The fourth-order valence-corrected chi connectivity index (χ4v) is 4.55. The molecule has 11 heteroatoms. The van der Waals surface area contributed by atoms with Crippen molar-refractivity contribution in [3.8, 4) is 5.75 Å². The number of nitrogens with one attached hydrogen (secondary N) is 1. The minimum absolute atomic E-state index is 0.0479.